The number of pyridine rings is 1. The maximum atomic E-state index is 13.1. The van der Waals surface area contributed by atoms with Gasteiger partial charge in [0.05, 0.1) is 27.7 Å². The van der Waals surface area contributed by atoms with Crippen LogP contribution in [0, 0.1) is 0 Å². The number of hydrogen-bond acceptors (Lipinski definition) is 4. The molecule has 3 aromatic rings. The SMILES string of the molecule is O=S(=O)(c1ccc(Cl)c(Cl)c1)N(Cc1cccnc1)Cc1ccco1. The van der Waals surface area contributed by atoms with E-state index >= 15 is 0 Å². The van der Waals surface area contributed by atoms with Crippen LogP contribution in [0.5, 0.6) is 0 Å². The van der Waals surface area contributed by atoms with Crippen molar-refractivity contribution in [1.82, 2.24) is 9.29 Å². The van der Waals surface area contributed by atoms with E-state index < -0.39 is 10.0 Å². The van der Waals surface area contributed by atoms with Gasteiger partial charge in [0.25, 0.3) is 0 Å². The van der Waals surface area contributed by atoms with Gasteiger partial charge >= 0.3 is 0 Å². The molecule has 0 spiro atoms. The maximum absolute atomic E-state index is 13.1. The molecule has 0 N–H and O–H groups in total. The Morgan fingerprint density at radius 2 is 1.88 bits per heavy atom. The summed E-state index contributed by atoms with van der Waals surface area (Å²) in [4.78, 5) is 4.10. The predicted molar refractivity (Wildman–Crippen MR) is 95.8 cm³/mol. The fourth-order valence-corrected chi connectivity index (χ4v) is 4.07. The minimum absolute atomic E-state index is 0.0670. The minimum Gasteiger partial charge on any atom is -0.468 e. The Morgan fingerprint density at radius 3 is 2.52 bits per heavy atom. The predicted octanol–water partition coefficient (Wildman–Crippen LogP) is 4.37. The molecule has 0 unspecified atom stereocenters. The summed E-state index contributed by atoms with van der Waals surface area (Å²) in [5, 5.41) is 0.479. The molecule has 0 atom stereocenters. The van der Waals surface area contributed by atoms with Gasteiger partial charge in [-0.25, -0.2) is 8.42 Å². The van der Waals surface area contributed by atoms with Crippen LogP contribution < -0.4 is 0 Å². The number of sulfonamides is 1. The van der Waals surface area contributed by atoms with E-state index in [4.69, 9.17) is 27.6 Å². The molecular formula is C17H14Cl2N2O3S. The summed E-state index contributed by atoms with van der Waals surface area (Å²) in [5.74, 6) is 0.535. The Kier molecular flexibility index (Phi) is 5.44. The Hall–Kier alpha value is -1.86. The van der Waals surface area contributed by atoms with Crippen molar-refractivity contribution in [3.05, 3.63) is 82.5 Å². The summed E-state index contributed by atoms with van der Waals surface area (Å²) >= 11 is 11.9. The van der Waals surface area contributed by atoms with Crippen LogP contribution in [0.15, 0.2) is 70.4 Å². The number of furan rings is 1. The third-order valence-corrected chi connectivity index (χ3v) is 6.05. The van der Waals surface area contributed by atoms with Gasteiger partial charge in [0.1, 0.15) is 5.76 Å². The van der Waals surface area contributed by atoms with Crippen LogP contribution in [-0.4, -0.2) is 17.7 Å². The van der Waals surface area contributed by atoms with E-state index in [1.165, 1.54) is 28.8 Å². The Bertz CT molecular complexity index is 945. The zero-order valence-electron chi connectivity index (χ0n) is 13.0. The van der Waals surface area contributed by atoms with Gasteiger partial charge < -0.3 is 4.42 Å². The molecule has 0 saturated heterocycles. The monoisotopic (exact) mass is 396 g/mol. The first-order valence-corrected chi connectivity index (χ1v) is 9.53. The van der Waals surface area contributed by atoms with Crippen LogP contribution in [-0.2, 0) is 23.1 Å². The molecule has 3 rings (SSSR count). The molecule has 130 valence electrons. The van der Waals surface area contributed by atoms with Crippen molar-refractivity contribution in [2.75, 3.05) is 0 Å². The lowest BCUT2D eigenvalue weighted by Gasteiger charge is -2.21. The van der Waals surface area contributed by atoms with Gasteiger partial charge in [-0.3, -0.25) is 4.98 Å². The lowest BCUT2D eigenvalue weighted by atomic mass is 10.3. The average Bonchev–Trinajstić information content (AvgIpc) is 3.11. The zero-order valence-corrected chi connectivity index (χ0v) is 15.3. The van der Waals surface area contributed by atoms with E-state index in [-0.39, 0.29) is 23.0 Å². The third kappa shape index (κ3) is 4.22. The molecule has 8 heteroatoms. The summed E-state index contributed by atoms with van der Waals surface area (Å²) in [5.41, 5.74) is 0.762. The van der Waals surface area contributed by atoms with Crippen molar-refractivity contribution >= 4 is 33.2 Å². The highest BCUT2D eigenvalue weighted by molar-refractivity contribution is 7.89. The highest BCUT2D eigenvalue weighted by Crippen LogP contribution is 2.28. The lowest BCUT2D eigenvalue weighted by Crippen LogP contribution is -2.30. The average molecular weight is 397 g/mol. The third-order valence-electron chi connectivity index (χ3n) is 3.52. The summed E-state index contributed by atoms with van der Waals surface area (Å²) in [7, 11) is -3.81. The normalized spacial score (nSPS) is 11.8. The number of nitrogens with zero attached hydrogens (tertiary/aromatic N) is 2. The van der Waals surface area contributed by atoms with Gasteiger partial charge in [0, 0.05) is 18.9 Å². The number of benzene rings is 1. The number of hydrogen-bond donors (Lipinski definition) is 0. The molecule has 0 bridgehead atoms. The van der Waals surface area contributed by atoms with Crippen molar-refractivity contribution < 1.29 is 12.8 Å². The molecule has 2 aromatic heterocycles. The fraction of sp³-hybridized carbons (Fsp3) is 0.118. The first-order chi connectivity index (χ1) is 12.0. The van der Waals surface area contributed by atoms with Crippen molar-refractivity contribution in [3.8, 4) is 0 Å². The van der Waals surface area contributed by atoms with E-state index in [1.807, 2.05) is 6.07 Å². The molecule has 0 aliphatic heterocycles. The topological polar surface area (TPSA) is 63.4 Å². The Balaban J connectivity index is 1.97. The molecule has 0 fully saturated rings. The van der Waals surface area contributed by atoms with E-state index in [9.17, 15) is 8.42 Å². The van der Waals surface area contributed by atoms with Crippen LogP contribution >= 0.6 is 23.2 Å². The molecule has 5 nitrogen and oxygen atoms in total. The smallest absolute Gasteiger partial charge is 0.243 e. The van der Waals surface area contributed by atoms with E-state index in [1.54, 1.807) is 30.6 Å². The summed E-state index contributed by atoms with van der Waals surface area (Å²) < 4.78 is 32.8. The van der Waals surface area contributed by atoms with Crippen molar-refractivity contribution in [3.63, 3.8) is 0 Å². The molecule has 1 aromatic carbocycles. The van der Waals surface area contributed by atoms with E-state index in [2.05, 4.69) is 4.98 Å². The van der Waals surface area contributed by atoms with Crippen molar-refractivity contribution in [2.45, 2.75) is 18.0 Å². The second-order valence-electron chi connectivity index (χ2n) is 5.29. The quantitative estimate of drug-likeness (QED) is 0.620. The number of aromatic nitrogens is 1. The van der Waals surface area contributed by atoms with Crippen LogP contribution in [0.25, 0.3) is 0 Å². The van der Waals surface area contributed by atoms with Gasteiger partial charge in [-0.1, -0.05) is 29.3 Å². The molecule has 0 amide bonds. The molecule has 0 aliphatic rings. The highest BCUT2D eigenvalue weighted by Gasteiger charge is 2.26. The fourth-order valence-electron chi connectivity index (χ4n) is 2.28. The van der Waals surface area contributed by atoms with Gasteiger partial charge in [-0.05, 0) is 42.0 Å². The van der Waals surface area contributed by atoms with Gasteiger partial charge in [-0.15, -0.1) is 0 Å². The molecule has 0 radical (unpaired) electrons. The lowest BCUT2D eigenvalue weighted by molar-refractivity contribution is 0.358. The van der Waals surface area contributed by atoms with Gasteiger partial charge in [0.15, 0.2) is 0 Å². The first-order valence-electron chi connectivity index (χ1n) is 7.33. The van der Waals surface area contributed by atoms with Crippen molar-refractivity contribution in [1.29, 1.82) is 0 Å². The molecule has 2 heterocycles. The zero-order chi connectivity index (χ0) is 17.9. The number of rotatable bonds is 6. The standard InChI is InChI=1S/C17H14Cl2N2O3S/c18-16-6-5-15(9-17(16)19)25(22,23)21(12-14-4-2-8-24-14)11-13-3-1-7-20-10-13/h1-10H,11-12H2. The first kappa shape index (κ1) is 17.9. The van der Waals surface area contributed by atoms with Crippen LogP contribution in [0.4, 0.5) is 0 Å². The minimum atomic E-state index is -3.81. The van der Waals surface area contributed by atoms with Crippen LogP contribution in [0.1, 0.15) is 11.3 Å². The van der Waals surface area contributed by atoms with Gasteiger partial charge in [-0.2, -0.15) is 4.31 Å². The summed E-state index contributed by atoms with van der Waals surface area (Å²) in [6, 6.07) is 11.2. The highest BCUT2D eigenvalue weighted by atomic mass is 35.5. The van der Waals surface area contributed by atoms with Crippen LogP contribution in [0.2, 0.25) is 10.0 Å². The summed E-state index contributed by atoms with van der Waals surface area (Å²) in [6.07, 6.45) is 4.76. The van der Waals surface area contributed by atoms with Crippen molar-refractivity contribution in [2.24, 2.45) is 0 Å². The maximum Gasteiger partial charge on any atom is 0.243 e. The number of halogens is 2. The second-order valence-corrected chi connectivity index (χ2v) is 8.04. The van der Waals surface area contributed by atoms with E-state index in [0.29, 0.717) is 10.8 Å². The second kappa shape index (κ2) is 7.58. The summed E-state index contributed by atoms with van der Waals surface area (Å²) in [6.45, 7) is 0.238. The van der Waals surface area contributed by atoms with Gasteiger partial charge in [0.2, 0.25) is 10.0 Å². The molecular weight excluding hydrogens is 383 g/mol. The molecule has 25 heavy (non-hydrogen) atoms. The largest absolute Gasteiger partial charge is 0.468 e. The Morgan fingerprint density at radius 1 is 1.04 bits per heavy atom. The van der Waals surface area contributed by atoms with E-state index in [0.717, 1.165) is 5.56 Å². The molecule has 0 saturated carbocycles. The van der Waals surface area contributed by atoms with Crippen LogP contribution in [0.3, 0.4) is 0 Å². The Labute approximate surface area is 155 Å². The molecule has 0 aliphatic carbocycles.